The van der Waals surface area contributed by atoms with Crippen LogP contribution in [-0.2, 0) is 14.4 Å². The molecule has 2 atom stereocenters. The van der Waals surface area contributed by atoms with E-state index in [0.29, 0.717) is 19.6 Å². The zero-order valence-corrected chi connectivity index (χ0v) is 13.4. The van der Waals surface area contributed by atoms with Gasteiger partial charge in [0.1, 0.15) is 6.04 Å². The maximum Gasteiger partial charge on any atom is 0.345 e. The van der Waals surface area contributed by atoms with Gasteiger partial charge in [0.2, 0.25) is 5.91 Å². The number of hydrogen-bond acceptors (Lipinski definition) is 4. The Labute approximate surface area is 130 Å². The van der Waals surface area contributed by atoms with Gasteiger partial charge in [-0.2, -0.15) is 5.06 Å². The van der Waals surface area contributed by atoms with Crippen molar-refractivity contribution < 1.29 is 19.2 Å². The molecular formula is C14H24N4O4. The number of nitrogens with one attached hydrogen (secondary N) is 1. The molecule has 22 heavy (non-hydrogen) atoms. The summed E-state index contributed by atoms with van der Waals surface area (Å²) in [6, 6.07) is -0.798. The van der Waals surface area contributed by atoms with Gasteiger partial charge in [-0.05, 0) is 19.3 Å². The van der Waals surface area contributed by atoms with Crippen LogP contribution in [0.1, 0.15) is 39.5 Å². The van der Waals surface area contributed by atoms with E-state index in [4.69, 9.17) is 4.84 Å². The minimum atomic E-state index is -0.551. The molecule has 0 aromatic heterocycles. The predicted octanol–water partition coefficient (Wildman–Crippen LogP) is 0.496. The lowest BCUT2D eigenvalue weighted by Crippen LogP contribution is -2.54. The number of nitrogens with zero attached hydrogens (tertiary/aromatic N) is 3. The molecular weight excluding hydrogens is 288 g/mol. The van der Waals surface area contributed by atoms with E-state index >= 15 is 0 Å². The van der Waals surface area contributed by atoms with Gasteiger partial charge in [-0.1, -0.05) is 13.3 Å². The van der Waals surface area contributed by atoms with Gasteiger partial charge in [0.05, 0.1) is 12.6 Å². The molecule has 2 aliphatic rings. The van der Waals surface area contributed by atoms with E-state index in [-0.39, 0.29) is 23.9 Å². The second kappa shape index (κ2) is 6.95. The summed E-state index contributed by atoms with van der Waals surface area (Å²) in [5.41, 5.74) is 2.51. The summed E-state index contributed by atoms with van der Waals surface area (Å²) < 4.78 is 0. The molecule has 2 aliphatic heterocycles. The molecule has 1 unspecified atom stereocenters. The zero-order chi connectivity index (χ0) is 16.3. The number of urea groups is 1. The highest BCUT2D eigenvalue weighted by molar-refractivity contribution is 5.89. The minimum Gasteiger partial charge on any atom is -0.309 e. The van der Waals surface area contributed by atoms with Crippen LogP contribution in [0.2, 0.25) is 0 Å². The Kier molecular flexibility index (Phi) is 5.23. The van der Waals surface area contributed by atoms with Crippen LogP contribution in [0, 0.1) is 0 Å². The highest BCUT2D eigenvalue weighted by Crippen LogP contribution is 2.30. The first-order valence-electron chi connectivity index (χ1n) is 7.73. The number of piperidine rings is 1. The Morgan fingerprint density at radius 1 is 1.41 bits per heavy atom. The van der Waals surface area contributed by atoms with Gasteiger partial charge in [0.15, 0.2) is 0 Å². The van der Waals surface area contributed by atoms with Crippen LogP contribution in [0.25, 0.3) is 0 Å². The fourth-order valence-electron chi connectivity index (χ4n) is 2.70. The third kappa shape index (κ3) is 3.32. The second-order valence-corrected chi connectivity index (χ2v) is 5.75. The maximum absolute atomic E-state index is 12.4. The van der Waals surface area contributed by atoms with Crippen molar-refractivity contribution in [3.8, 4) is 0 Å². The summed E-state index contributed by atoms with van der Waals surface area (Å²) in [6.07, 6.45) is 3.18. The molecule has 2 saturated heterocycles. The Morgan fingerprint density at radius 2 is 2.14 bits per heavy atom. The fraction of sp³-hybridized carbons (Fsp3) is 0.786. The number of amides is 4. The molecule has 8 heteroatoms. The maximum atomic E-state index is 12.4. The Morgan fingerprint density at radius 3 is 2.77 bits per heavy atom. The zero-order valence-electron chi connectivity index (χ0n) is 13.4. The van der Waals surface area contributed by atoms with Crippen LogP contribution in [0.15, 0.2) is 0 Å². The second-order valence-electron chi connectivity index (χ2n) is 5.75. The first-order valence-corrected chi connectivity index (χ1v) is 7.73. The summed E-state index contributed by atoms with van der Waals surface area (Å²) in [5.74, 6) is -0.598. The largest absolute Gasteiger partial charge is 0.345 e. The number of hydrogen-bond donors (Lipinski definition) is 1. The Balaban J connectivity index is 1.96. The molecule has 0 aromatic carbocycles. The molecule has 2 rings (SSSR count). The van der Waals surface area contributed by atoms with Crippen molar-refractivity contribution in [3.63, 3.8) is 0 Å². The standard InChI is InChI=1S/C14H24N4O4/c1-4-5-8-22-18-11-6-7-12(17(9-11)14(18)21)13(20)15-16(3)10(2)19/h11-12H,4-9H2,1-3H3,(H,15,20)/t11?,12-/m0/s1. The van der Waals surface area contributed by atoms with Crippen molar-refractivity contribution in [2.45, 2.75) is 51.6 Å². The monoisotopic (exact) mass is 312 g/mol. The molecule has 0 aromatic rings. The smallest absolute Gasteiger partial charge is 0.309 e. The van der Waals surface area contributed by atoms with Gasteiger partial charge >= 0.3 is 6.03 Å². The first-order chi connectivity index (χ1) is 10.5. The fourth-order valence-corrected chi connectivity index (χ4v) is 2.70. The molecule has 4 amide bonds. The molecule has 2 bridgehead atoms. The van der Waals surface area contributed by atoms with Gasteiger partial charge in [0, 0.05) is 20.5 Å². The van der Waals surface area contributed by atoms with Gasteiger partial charge < -0.3 is 4.90 Å². The lowest BCUT2D eigenvalue weighted by atomic mass is 10.0. The quantitative estimate of drug-likeness (QED) is 0.592. The lowest BCUT2D eigenvalue weighted by Gasteiger charge is -2.30. The van der Waals surface area contributed by atoms with Crippen molar-refractivity contribution >= 4 is 17.8 Å². The highest BCUT2D eigenvalue weighted by Gasteiger charge is 2.48. The molecule has 0 aliphatic carbocycles. The highest BCUT2D eigenvalue weighted by atomic mass is 16.7. The van der Waals surface area contributed by atoms with Crippen LogP contribution in [0.3, 0.4) is 0 Å². The van der Waals surface area contributed by atoms with Gasteiger partial charge in [0.25, 0.3) is 5.91 Å². The number of carbonyl (C=O) groups is 3. The summed E-state index contributed by atoms with van der Waals surface area (Å²) in [7, 11) is 1.48. The number of hydroxylamine groups is 2. The van der Waals surface area contributed by atoms with E-state index in [1.54, 1.807) is 0 Å². The van der Waals surface area contributed by atoms with Crippen LogP contribution < -0.4 is 5.43 Å². The normalized spacial score (nSPS) is 23.7. The van der Waals surface area contributed by atoms with E-state index < -0.39 is 6.04 Å². The van der Waals surface area contributed by atoms with Gasteiger partial charge in [-0.3, -0.25) is 24.9 Å². The third-order valence-electron chi connectivity index (χ3n) is 4.10. The molecule has 0 spiro atoms. The van der Waals surface area contributed by atoms with E-state index in [1.165, 1.54) is 23.9 Å². The number of carbonyl (C=O) groups excluding carboxylic acids is 3. The SMILES string of the molecule is CCCCON1C(=O)N2CC1CC[C@H]2C(=O)NN(C)C(C)=O. The van der Waals surface area contributed by atoms with Gasteiger partial charge in [-0.15, -0.1) is 0 Å². The summed E-state index contributed by atoms with van der Waals surface area (Å²) >= 11 is 0. The average Bonchev–Trinajstić information content (AvgIpc) is 2.72. The van der Waals surface area contributed by atoms with Crippen LogP contribution >= 0.6 is 0 Å². The summed E-state index contributed by atoms with van der Waals surface area (Å²) in [4.78, 5) is 42.9. The van der Waals surface area contributed by atoms with Gasteiger partial charge in [-0.25, -0.2) is 4.79 Å². The summed E-state index contributed by atoms with van der Waals surface area (Å²) in [5, 5.41) is 2.54. The van der Waals surface area contributed by atoms with E-state index in [1.807, 2.05) is 0 Å². The molecule has 2 fully saturated rings. The molecule has 1 N–H and O–H groups in total. The van der Waals surface area contributed by atoms with E-state index in [2.05, 4.69) is 12.3 Å². The first kappa shape index (κ1) is 16.5. The molecule has 124 valence electrons. The molecule has 0 radical (unpaired) electrons. The minimum absolute atomic E-state index is 0.0129. The predicted molar refractivity (Wildman–Crippen MR) is 78.2 cm³/mol. The molecule has 8 nitrogen and oxygen atoms in total. The van der Waals surface area contributed by atoms with Crippen molar-refractivity contribution in [1.82, 2.24) is 20.4 Å². The topological polar surface area (TPSA) is 82.2 Å². The molecule has 0 saturated carbocycles. The average molecular weight is 312 g/mol. The van der Waals surface area contributed by atoms with Crippen molar-refractivity contribution in [2.24, 2.45) is 0 Å². The number of rotatable bonds is 5. The lowest BCUT2D eigenvalue weighted by molar-refractivity contribution is -0.140. The van der Waals surface area contributed by atoms with Crippen LogP contribution in [0.4, 0.5) is 4.79 Å². The van der Waals surface area contributed by atoms with Crippen molar-refractivity contribution in [3.05, 3.63) is 0 Å². The van der Waals surface area contributed by atoms with Crippen molar-refractivity contribution in [1.29, 1.82) is 0 Å². The number of fused-ring (bicyclic) bond motifs is 2. The number of hydrazine groups is 1. The Hall–Kier alpha value is -1.83. The van der Waals surface area contributed by atoms with Crippen LogP contribution in [-0.4, -0.2) is 65.1 Å². The number of unbranched alkanes of at least 4 members (excludes halogenated alkanes) is 1. The summed E-state index contributed by atoms with van der Waals surface area (Å²) in [6.45, 7) is 4.42. The van der Waals surface area contributed by atoms with Crippen LogP contribution in [0.5, 0.6) is 0 Å². The molecule has 2 heterocycles. The van der Waals surface area contributed by atoms with Crippen molar-refractivity contribution in [2.75, 3.05) is 20.2 Å². The van der Waals surface area contributed by atoms with E-state index in [0.717, 1.165) is 24.3 Å². The Bertz CT molecular complexity index is 456. The van der Waals surface area contributed by atoms with E-state index in [9.17, 15) is 14.4 Å². The third-order valence-corrected chi connectivity index (χ3v) is 4.10.